The lowest BCUT2D eigenvalue weighted by molar-refractivity contribution is -0.113. The number of carbonyl (C=O) groups excluding carboxylic acids is 1. The van der Waals surface area contributed by atoms with E-state index in [0.717, 1.165) is 23.9 Å². The highest BCUT2D eigenvalue weighted by Crippen LogP contribution is 2.36. The van der Waals surface area contributed by atoms with E-state index in [9.17, 15) is 13.6 Å². The lowest BCUT2D eigenvalue weighted by atomic mass is 10.2. The number of thioether (sulfide) groups is 1. The van der Waals surface area contributed by atoms with E-state index < -0.39 is 11.6 Å². The molecule has 1 aliphatic heterocycles. The molecule has 2 aromatic rings. The minimum Gasteiger partial charge on any atom is -0.268 e. The molecule has 0 aromatic heterocycles. The van der Waals surface area contributed by atoms with E-state index in [4.69, 9.17) is 12.2 Å². The van der Waals surface area contributed by atoms with Crippen molar-refractivity contribution in [2.24, 2.45) is 0 Å². The van der Waals surface area contributed by atoms with Gasteiger partial charge in [-0.25, -0.2) is 8.78 Å². The maximum absolute atomic E-state index is 13.7. The Morgan fingerprint density at radius 2 is 1.82 bits per heavy atom. The van der Waals surface area contributed by atoms with Crippen molar-refractivity contribution in [1.29, 1.82) is 0 Å². The molecular formula is C16H9F2NOS2. The van der Waals surface area contributed by atoms with E-state index in [1.807, 2.05) is 6.07 Å². The number of rotatable bonds is 2. The Kier molecular flexibility index (Phi) is 4.04. The Balaban J connectivity index is 1.96. The molecule has 6 heteroatoms. The summed E-state index contributed by atoms with van der Waals surface area (Å²) >= 11 is 6.31. The molecule has 1 heterocycles. The first-order chi connectivity index (χ1) is 10.6. The number of benzene rings is 2. The Morgan fingerprint density at radius 1 is 1.09 bits per heavy atom. The molecule has 1 saturated heterocycles. The summed E-state index contributed by atoms with van der Waals surface area (Å²) in [6.07, 6.45) is 1.39. The Hall–Kier alpha value is -2.05. The van der Waals surface area contributed by atoms with Gasteiger partial charge in [-0.3, -0.25) is 9.69 Å². The monoisotopic (exact) mass is 333 g/mol. The number of carbonyl (C=O) groups is 1. The Morgan fingerprint density at radius 3 is 2.50 bits per heavy atom. The van der Waals surface area contributed by atoms with E-state index in [0.29, 0.717) is 14.9 Å². The normalized spacial score (nSPS) is 16.6. The van der Waals surface area contributed by atoms with Gasteiger partial charge in [-0.2, -0.15) is 0 Å². The third-order valence-corrected chi connectivity index (χ3v) is 4.36. The number of halogens is 2. The van der Waals surface area contributed by atoms with Gasteiger partial charge in [0.1, 0.15) is 11.6 Å². The number of hydrogen-bond acceptors (Lipinski definition) is 3. The number of hydrogen-bond donors (Lipinski definition) is 0. The first-order valence-corrected chi connectivity index (χ1v) is 7.57. The van der Waals surface area contributed by atoms with E-state index in [1.54, 1.807) is 24.3 Å². The minimum absolute atomic E-state index is 0.148. The fourth-order valence-electron chi connectivity index (χ4n) is 2.03. The summed E-state index contributed by atoms with van der Waals surface area (Å²) < 4.78 is 27.0. The fraction of sp³-hybridized carbons (Fsp3) is 0. The zero-order valence-corrected chi connectivity index (χ0v) is 12.8. The molecule has 3 rings (SSSR count). The van der Waals surface area contributed by atoms with Gasteiger partial charge in [0, 0.05) is 11.6 Å². The molecule has 2 nitrogen and oxygen atoms in total. The Labute approximate surface area is 135 Å². The van der Waals surface area contributed by atoms with Gasteiger partial charge in [-0.1, -0.05) is 42.2 Å². The van der Waals surface area contributed by atoms with Gasteiger partial charge in [0.25, 0.3) is 5.91 Å². The number of amides is 1. The van der Waals surface area contributed by atoms with Crippen molar-refractivity contribution in [3.63, 3.8) is 0 Å². The average Bonchev–Trinajstić information content (AvgIpc) is 2.77. The van der Waals surface area contributed by atoms with Crippen LogP contribution in [0, 0.1) is 11.6 Å². The van der Waals surface area contributed by atoms with Crippen LogP contribution in [0.5, 0.6) is 0 Å². The number of nitrogens with zero attached hydrogens (tertiary/aromatic N) is 1. The van der Waals surface area contributed by atoms with E-state index >= 15 is 0 Å². The molecule has 0 saturated carbocycles. The number of anilines is 1. The fourth-order valence-corrected chi connectivity index (χ4v) is 3.32. The van der Waals surface area contributed by atoms with Crippen LogP contribution >= 0.6 is 24.0 Å². The van der Waals surface area contributed by atoms with Gasteiger partial charge in [0.15, 0.2) is 4.32 Å². The zero-order chi connectivity index (χ0) is 15.7. The molecule has 0 spiro atoms. The largest absolute Gasteiger partial charge is 0.270 e. The molecule has 1 amide bonds. The second kappa shape index (κ2) is 5.98. The minimum atomic E-state index is -0.718. The SMILES string of the molecule is O=C1/C(=C/c2ccc(F)cc2F)SC(=S)N1c1ccccc1. The number of para-hydroxylation sites is 1. The molecule has 1 fully saturated rings. The van der Waals surface area contributed by atoms with Gasteiger partial charge >= 0.3 is 0 Å². The van der Waals surface area contributed by atoms with Crippen LogP contribution in [0.25, 0.3) is 6.08 Å². The quantitative estimate of drug-likeness (QED) is 0.601. The van der Waals surface area contributed by atoms with Gasteiger partial charge < -0.3 is 0 Å². The lowest BCUT2D eigenvalue weighted by Gasteiger charge is -2.13. The summed E-state index contributed by atoms with van der Waals surface area (Å²) in [5.74, 6) is -1.69. The summed E-state index contributed by atoms with van der Waals surface area (Å²) in [5, 5.41) is 0. The summed E-state index contributed by atoms with van der Waals surface area (Å²) in [4.78, 5) is 14.2. The van der Waals surface area contributed by atoms with Crippen molar-refractivity contribution >= 4 is 46.0 Å². The maximum Gasteiger partial charge on any atom is 0.270 e. The van der Waals surface area contributed by atoms with Crippen LogP contribution in [-0.2, 0) is 4.79 Å². The van der Waals surface area contributed by atoms with Crippen LogP contribution < -0.4 is 4.90 Å². The van der Waals surface area contributed by atoms with Crippen LogP contribution in [0.2, 0.25) is 0 Å². The maximum atomic E-state index is 13.7. The first-order valence-electron chi connectivity index (χ1n) is 6.34. The van der Waals surface area contributed by atoms with E-state index in [-0.39, 0.29) is 11.5 Å². The smallest absolute Gasteiger partial charge is 0.268 e. The van der Waals surface area contributed by atoms with Crippen molar-refractivity contribution in [1.82, 2.24) is 0 Å². The third kappa shape index (κ3) is 2.80. The highest BCUT2D eigenvalue weighted by molar-refractivity contribution is 8.27. The molecule has 0 unspecified atom stereocenters. The molecule has 22 heavy (non-hydrogen) atoms. The topological polar surface area (TPSA) is 20.3 Å². The van der Waals surface area contributed by atoms with Crippen LogP contribution in [0.4, 0.5) is 14.5 Å². The molecule has 0 N–H and O–H groups in total. The summed E-state index contributed by atoms with van der Waals surface area (Å²) in [6, 6.07) is 12.2. The second-order valence-electron chi connectivity index (χ2n) is 4.52. The van der Waals surface area contributed by atoms with E-state index in [2.05, 4.69) is 0 Å². The van der Waals surface area contributed by atoms with E-state index in [1.165, 1.54) is 17.0 Å². The highest BCUT2D eigenvalue weighted by Gasteiger charge is 2.33. The second-order valence-corrected chi connectivity index (χ2v) is 6.19. The van der Waals surface area contributed by atoms with Crippen LogP contribution in [0.15, 0.2) is 53.4 Å². The lowest BCUT2D eigenvalue weighted by Crippen LogP contribution is -2.27. The molecule has 0 radical (unpaired) electrons. The van der Waals surface area contributed by atoms with Crippen LogP contribution in [0.3, 0.4) is 0 Å². The van der Waals surface area contributed by atoms with Gasteiger partial charge in [0.2, 0.25) is 0 Å². The molecule has 110 valence electrons. The molecule has 1 aliphatic rings. The van der Waals surface area contributed by atoms with Crippen molar-refractivity contribution in [2.75, 3.05) is 4.90 Å². The molecule has 2 aromatic carbocycles. The summed E-state index contributed by atoms with van der Waals surface area (Å²) in [5.41, 5.74) is 0.808. The van der Waals surface area contributed by atoms with Gasteiger partial charge in [0.05, 0.1) is 10.6 Å². The van der Waals surface area contributed by atoms with Gasteiger partial charge in [-0.05, 0) is 30.3 Å². The van der Waals surface area contributed by atoms with Crippen molar-refractivity contribution in [3.05, 3.63) is 70.6 Å². The predicted molar refractivity (Wildman–Crippen MR) is 88.5 cm³/mol. The number of thiocarbonyl (C=S) groups is 1. The molecule has 0 bridgehead atoms. The zero-order valence-electron chi connectivity index (χ0n) is 11.1. The highest BCUT2D eigenvalue weighted by atomic mass is 32.2. The van der Waals surface area contributed by atoms with Crippen molar-refractivity contribution in [2.45, 2.75) is 0 Å². The molecule has 0 atom stereocenters. The summed E-state index contributed by atoms with van der Waals surface area (Å²) in [6.45, 7) is 0. The van der Waals surface area contributed by atoms with Crippen LogP contribution in [0.1, 0.15) is 5.56 Å². The van der Waals surface area contributed by atoms with Crippen molar-refractivity contribution in [3.8, 4) is 0 Å². The average molecular weight is 333 g/mol. The Bertz CT molecular complexity index is 790. The van der Waals surface area contributed by atoms with Crippen molar-refractivity contribution < 1.29 is 13.6 Å². The standard InChI is InChI=1S/C16H9F2NOS2/c17-11-7-6-10(13(18)9-11)8-14-15(20)19(16(21)22-14)12-4-2-1-3-5-12/h1-9H/b14-8-. The first kappa shape index (κ1) is 14.9. The summed E-state index contributed by atoms with van der Waals surface area (Å²) in [7, 11) is 0. The predicted octanol–water partition coefficient (Wildman–Crippen LogP) is 4.37. The molecular weight excluding hydrogens is 324 g/mol. The third-order valence-electron chi connectivity index (χ3n) is 3.06. The van der Waals surface area contributed by atoms with Crippen LogP contribution in [-0.4, -0.2) is 10.2 Å². The molecule has 0 aliphatic carbocycles. The van der Waals surface area contributed by atoms with Gasteiger partial charge in [-0.15, -0.1) is 0 Å².